The first kappa shape index (κ1) is 15.5. The Hall–Kier alpha value is -2.35. The molecule has 0 aliphatic heterocycles. The van der Waals surface area contributed by atoms with Crippen molar-refractivity contribution in [3.63, 3.8) is 0 Å². The molecule has 3 aromatic rings. The van der Waals surface area contributed by atoms with Gasteiger partial charge < -0.3 is 20.1 Å². The molecule has 0 radical (unpaired) electrons. The van der Waals surface area contributed by atoms with Crippen LogP contribution in [0.15, 0.2) is 48.8 Å². The van der Waals surface area contributed by atoms with Crippen molar-refractivity contribution in [2.45, 2.75) is 0 Å². The van der Waals surface area contributed by atoms with Gasteiger partial charge in [0.1, 0.15) is 24.4 Å². The topological polar surface area (TPSA) is 87.5 Å². The number of nitrogens with one attached hydrogen (secondary N) is 1. The zero-order chi connectivity index (χ0) is 16.2. The lowest BCUT2D eigenvalue weighted by Gasteiger charge is -2.10. The van der Waals surface area contributed by atoms with E-state index in [0.717, 1.165) is 16.6 Å². The van der Waals surface area contributed by atoms with Crippen molar-refractivity contribution < 1.29 is 14.8 Å². The summed E-state index contributed by atoms with van der Waals surface area (Å²) in [5, 5.41) is 22.3. The van der Waals surface area contributed by atoms with Gasteiger partial charge in [0.25, 0.3) is 0 Å². The lowest BCUT2D eigenvalue weighted by molar-refractivity contribution is 0.307. The van der Waals surface area contributed by atoms with Gasteiger partial charge in [-0.05, 0) is 36.4 Å². The fraction of sp³-hybridized carbons (Fsp3) is 0.0667. The van der Waals surface area contributed by atoms with Crippen molar-refractivity contribution in [2.75, 3.05) is 11.8 Å². The van der Waals surface area contributed by atoms with Gasteiger partial charge in [-0.15, -0.1) is 0 Å². The smallest absolute Gasteiger partial charge is 0.491 e. The minimum Gasteiger partial charge on any atom is -0.496 e. The van der Waals surface area contributed by atoms with E-state index in [0.29, 0.717) is 16.6 Å². The summed E-state index contributed by atoms with van der Waals surface area (Å²) < 4.78 is 5.30. The van der Waals surface area contributed by atoms with Gasteiger partial charge in [0.2, 0.25) is 0 Å². The maximum Gasteiger partial charge on any atom is 0.491 e. The molecule has 0 amide bonds. The van der Waals surface area contributed by atoms with E-state index < -0.39 is 7.12 Å². The van der Waals surface area contributed by atoms with E-state index in [1.807, 2.05) is 12.1 Å². The molecule has 1 aromatic heterocycles. The van der Waals surface area contributed by atoms with Crippen LogP contribution in [0.25, 0.3) is 10.9 Å². The molecule has 2 aromatic carbocycles. The van der Waals surface area contributed by atoms with Crippen LogP contribution in [-0.2, 0) is 0 Å². The van der Waals surface area contributed by atoms with Crippen LogP contribution >= 0.6 is 11.6 Å². The fourth-order valence-corrected chi connectivity index (χ4v) is 2.29. The Kier molecular flexibility index (Phi) is 4.61. The van der Waals surface area contributed by atoms with Crippen LogP contribution in [0, 0.1) is 0 Å². The summed E-state index contributed by atoms with van der Waals surface area (Å²) in [4.78, 5) is 8.45. The third-order valence-corrected chi connectivity index (χ3v) is 3.33. The van der Waals surface area contributed by atoms with Crippen molar-refractivity contribution in [1.82, 2.24) is 9.97 Å². The predicted molar refractivity (Wildman–Crippen MR) is 90.0 cm³/mol. The molecule has 0 atom stereocenters. The Morgan fingerprint density at radius 1 is 1.13 bits per heavy atom. The van der Waals surface area contributed by atoms with Crippen LogP contribution in [0.2, 0.25) is 5.02 Å². The number of ether oxygens (including phenoxy) is 1. The summed E-state index contributed by atoms with van der Waals surface area (Å²) in [5.41, 5.74) is 1.54. The van der Waals surface area contributed by atoms with Gasteiger partial charge in [0.15, 0.2) is 0 Å². The number of halogens is 1. The highest BCUT2D eigenvalue weighted by Gasteiger charge is 2.10. The van der Waals surface area contributed by atoms with Crippen LogP contribution in [0.1, 0.15) is 0 Å². The maximum atomic E-state index is 8.88. The Balaban J connectivity index is 1.94. The molecular weight excluding hydrogens is 316 g/mol. The number of fused-ring (bicyclic) bond motifs is 1. The fourth-order valence-electron chi connectivity index (χ4n) is 2.10. The number of hydrogen-bond acceptors (Lipinski definition) is 6. The van der Waals surface area contributed by atoms with Crippen LogP contribution in [-0.4, -0.2) is 33.6 Å². The largest absolute Gasteiger partial charge is 0.496 e. The van der Waals surface area contributed by atoms with Crippen molar-refractivity contribution >= 4 is 41.1 Å². The van der Waals surface area contributed by atoms with Gasteiger partial charge in [0.05, 0.1) is 5.52 Å². The molecule has 0 spiro atoms. The minimum absolute atomic E-state index is 0.212. The second-order valence-electron chi connectivity index (χ2n) is 4.83. The minimum atomic E-state index is -1.53. The van der Waals surface area contributed by atoms with Gasteiger partial charge in [-0.25, -0.2) is 9.97 Å². The van der Waals surface area contributed by atoms with Crippen LogP contribution in [0.4, 0.5) is 11.5 Å². The Bertz CT molecular complexity index is 832. The van der Waals surface area contributed by atoms with Crippen molar-refractivity contribution in [1.29, 1.82) is 0 Å². The first-order valence-electron chi connectivity index (χ1n) is 6.88. The molecule has 0 aliphatic rings. The molecule has 0 saturated carbocycles. The number of rotatable bonds is 5. The molecule has 1 heterocycles. The van der Waals surface area contributed by atoms with Crippen molar-refractivity contribution in [3.05, 3.63) is 53.8 Å². The highest BCUT2D eigenvalue weighted by Crippen LogP contribution is 2.27. The predicted octanol–water partition coefficient (Wildman–Crippen LogP) is 2.42. The van der Waals surface area contributed by atoms with Crippen LogP contribution in [0.5, 0.6) is 5.75 Å². The zero-order valence-corrected chi connectivity index (χ0v) is 12.7. The summed E-state index contributed by atoms with van der Waals surface area (Å²) in [6, 6.07) is 12.5. The molecule has 0 aliphatic carbocycles. The van der Waals surface area contributed by atoms with E-state index in [1.165, 1.54) is 6.33 Å². The number of aromatic nitrogens is 2. The van der Waals surface area contributed by atoms with Gasteiger partial charge in [-0.2, -0.15) is 0 Å². The van der Waals surface area contributed by atoms with Gasteiger partial charge in [-0.3, -0.25) is 0 Å². The van der Waals surface area contributed by atoms with Crippen LogP contribution < -0.4 is 10.1 Å². The molecule has 0 saturated heterocycles. The second kappa shape index (κ2) is 6.83. The number of hydrogen-bond donors (Lipinski definition) is 3. The lowest BCUT2D eigenvalue weighted by atomic mass is 9.95. The molecule has 0 fully saturated rings. The number of nitrogens with zero attached hydrogens (tertiary/aromatic N) is 2. The highest BCUT2D eigenvalue weighted by atomic mass is 35.5. The van der Waals surface area contributed by atoms with Gasteiger partial charge in [0, 0.05) is 16.1 Å². The Morgan fingerprint density at radius 2 is 2.00 bits per heavy atom. The second-order valence-corrected chi connectivity index (χ2v) is 5.26. The van der Waals surface area contributed by atoms with Gasteiger partial charge >= 0.3 is 7.12 Å². The molecule has 116 valence electrons. The van der Waals surface area contributed by atoms with Crippen molar-refractivity contribution in [2.24, 2.45) is 0 Å². The summed E-state index contributed by atoms with van der Waals surface area (Å²) in [7, 11) is -1.53. The van der Waals surface area contributed by atoms with E-state index in [-0.39, 0.29) is 6.51 Å². The molecular formula is C15H13BClN3O3. The summed E-state index contributed by atoms with van der Waals surface area (Å²) in [5.74, 6) is 1.10. The highest BCUT2D eigenvalue weighted by molar-refractivity contribution is 6.40. The van der Waals surface area contributed by atoms with E-state index in [1.54, 1.807) is 30.3 Å². The zero-order valence-electron chi connectivity index (χ0n) is 12.0. The standard InChI is InChI=1S/C15H13BClN3O3/c17-10-2-1-3-11(6-10)20-15-13-7-12(23-8-16(21)22)4-5-14(13)18-9-19-15/h1-7,9,21-22H,8H2,(H,18,19,20). The Morgan fingerprint density at radius 3 is 2.78 bits per heavy atom. The van der Waals surface area contributed by atoms with Crippen LogP contribution in [0.3, 0.4) is 0 Å². The molecule has 8 heteroatoms. The monoisotopic (exact) mass is 329 g/mol. The molecule has 0 unspecified atom stereocenters. The normalized spacial score (nSPS) is 10.6. The first-order chi connectivity index (χ1) is 11.1. The SMILES string of the molecule is OB(O)COc1ccc2ncnc(Nc3cccc(Cl)c3)c2c1. The average Bonchev–Trinajstić information content (AvgIpc) is 2.53. The molecule has 0 bridgehead atoms. The average molecular weight is 330 g/mol. The summed E-state index contributed by atoms with van der Waals surface area (Å²) in [6.45, 7) is -0.212. The molecule has 3 rings (SSSR count). The summed E-state index contributed by atoms with van der Waals surface area (Å²) >= 11 is 5.99. The number of anilines is 2. The van der Waals surface area contributed by atoms with Gasteiger partial charge in [-0.1, -0.05) is 17.7 Å². The molecule has 23 heavy (non-hydrogen) atoms. The van der Waals surface area contributed by atoms with E-state index in [4.69, 9.17) is 26.4 Å². The third kappa shape index (κ3) is 3.90. The lowest BCUT2D eigenvalue weighted by Crippen LogP contribution is -2.22. The Labute approximate surface area is 137 Å². The third-order valence-electron chi connectivity index (χ3n) is 3.09. The van der Waals surface area contributed by atoms with Crippen molar-refractivity contribution in [3.8, 4) is 5.75 Å². The first-order valence-corrected chi connectivity index (χ1v) is 7.26. The van der Waals surface area contributed by atoms with E-state index in [9.17, 15) is 0 Å². The molecule has 6 nitrogen and oxygen atoms in total. The maximum absolute atomic E-state index is 8.88. The molecule has 3 N–H and O–H groups in total. The summed E-state index contributed by atoms with van der Waals surface area (Å²) in [6.07, 6.45) is 1.47. The van der Waals surface area contributed by atoms with E-state index >= 15 is 0 Å². The van der Waals surface area contributed by atoms with E-state index in [2.05, 4.69) is 15.3 Å². The quantitative estimate of drug-likeness (QED) is 0.623. The number of benzene rings is 2.